The Balaban J connectivity index is 2.80. The van der Waals surface area contributed by atoms with E-state index in [0.29, 0.717) is 4.76 Å². The van der Waals surface area contributed by atoms with Crippen molar-refractivity contribution in [1.29, 1.82) is 0 Å². The normalized spacial score (nSPS) is 23.2. The summed E-state index contributed by atoms with van der Waals surface area (Å²) in [6.45, 7) is 0. The third-order valence-corrected chi connectivity index (χ3v) is 1.20. The van der Waals surface area contributed by atoms with Crippen molar-refractivity contribution in [3.63, 3.8) is 0 Å². The Kier molecular flexibility index (Phi) is 1.62. The molecule has 4 heteroatoms. The topological polar surface area (TPSA) is 63.2 Å². The summed E-state index contributed by atoms with van der Waals surface area (Å²) in [5.74, 6) is -0.629. The van der Waals surface area contributed by atoms with E-state index in [9.17, 15) is 9.70 Å². The monoisotopic (exact) mass is 139 g/mol. The molecule has 4 nitrogen and oxygen atoms in total. The highest BCUT2D eigenvalue weighted by molar-refractivity contribution is 5.80. The van der Waals surface area contributed by atoms with E-state index in [4.69, 9.17) is 5.73 Å². The van der Waals surface area contributed by atoms with Crippen molar-refractivity contribution in [3.8, 4) is 0 Å². The van der Waals surface area contributed by atoms with Crippen LogP contribution in [0.15, 0.2) is 24.4 Å². The smallest absolute Gasteiger partial charge is 0.302 e. The number of hydrogen-bond donors (Lipinski definition) is 1. The van der Waals surface area contributed by atoms with Crippen LogP contribution in [0.1, 0.15) is 0 Å². The van der Waals surface area contributed by atoms with Crippen LogP contribution in [-0.4, -0.2) is 16.7 Å². The van der Waals surface area contributed by atoms with Gasteiger partial charge in [-0.3, -0.25) is 4.79 Å². The molecular formula is C6H7N2O2+. The Labute approximate surface area is 57.6 Å². The lowest BCUT2D eigenvalue weighted by molar-refractivity contribution is -0.495. The number of carbonyl (C=O) groups excluding carboxylic acids is 1. The summed E-state index contributed by atoms with van der Waals surface area (Å²) in [7, 11) is 0. The van der Waals surface area contributed by atoms with E-state index in [1.54, 1.807) is 12.2 Å². The second-order valence-corrected chi connectivity index (χ2v) is 1.93. The summed E-state index contributed by atoms with van der Waals surface area (Å²) >= 11 is 0. The predicted molar refractivity (Wildman–Crippen MR) is 34.9 cm³/mol. The van der Waals surface area contributed by atoms with Crippen molar-refractivity contribution >= 4 is 5.91 Å². The lowest BCUT2D eigenvalue weighted by Crippen LogP contribution is -2.34. The summed E-state index contributed by atoms with van der Waals surface area (Å²) in [5.41, 5.74) is 4.89. The second-order valence-electron chi connectivity index (χ2n) is 1.93. The van der Waals surface area contributed by atoms with Gasteiger partial charge in [0.2, 0.25) is 6.20 Å². The van der Waals surface area contributed by atoms with E-state index in [1.165, 1.54) is 12.3 Å². The zero-order valence-electron chi connectivity index (χ0n) is 5.23. The molecule has 10 heavy (non-hydrogen) atoms. The molecule has 0 spiro atoms. The van der Waals surface area contributed by atoms with Crippen LogP contribution in [0.4, 0.5) is 0 Å². The van der Waals surface area contributed by atoms with Gasteiger partial charge in [-0.2, -0.15) is 0 Å². The van der Waals surface area contributed by atoms with Crippen LogP contribution >= 0.6 is 0 Å². The minimum atomic E-state index is -0.829. The van der Waals surface area contributed by atoms with Crippen molar-refractivity contribution in [2.24, 2.45) is 5.73 Å². The predicted octanol–water partition coefficient (Wildman–Crippen LogP) is -0.297. The van der Waals surface area contributed by atoms with Gasteiger partial charge < -0.3 is 5.73 Å². The lowest BCUT2D eigenvalue weighted by Gasteiger charge is -1.97. The van der Waals surface area contributed by atoms with Crippen LogP contribution in [-0.2, 0) is 4.79 Å². The van der Waals surface area contributed by atoms with E-state index in [-0.39, 0.29) is 0 Å². The number of amides is 1. The maximum Gasteiger partial charge on any atom is 0.302 e. The van der Waals surface area contributed by atoms with E-state index in [1.807, 2.05) is 0 Å². The van der Waals surface area contributed by atoms with Crippen LogP contribution in [0.2, 0.25) is 0 Å². The average molecular weight is 139 g/mol. The second kappa shape index (κ2) is 2.43. The van der Waals surface area contributed by atoms with Crippen LogP contribution in [0.25, 0.3) is 0 Å². The molecule has 0 radical (unpaired) electrons. The van der Waals surface area contributed by atoms with Crippen LogP contribution in [0.5, 0.6) is 0 Å². The van der Waals surface area contributed by atoms with Gasteiger partial charge in [-0.1, -0.05) is 6.08 Å². The van der Waals surface area contributed by atoms with Gasteiger partial charge in [0, 0.05) is 15.7 Å². The minimum Gasteiger partial charge on any atom is -0.363 e. The lowest BCUT2D eigenvalue weighted by atomic mass is 10.2. The summed E-state index contributed by atoms with van der Waals surface area (Å²) in [5, 5.41) is 0. The Bertz CT molecular complexity index is 230. The van der Waals surface area contributed by atoms with Gasteiger partial charge in [0.15, 0.2) is 0 Å². The maximum atomic E-state index is 10.7. The first kappa shape index (κ1) is 6.67. The first-order chi connectivity index (χ1) is 4.72. The van der Waals surface area contributed by atoms with Crippen molar-refractivity contribution in [1.82, 2.24) is 0 Å². The van der Waals surface area contributed by atoms with Crippen molar-refractivity contribution < 1.29 is 9.55 Å². The van der Waals surface area contributed by atoms with Gasteiger partial charge in [-0.25, -0.2) is 0 Å². The van der Waals surface area contributed by atoms with Gasteiger partial charge in [0.1, 0.15) is 0 Å². The highest BCUT2D eigenvalue weighted by Crippen LogP contribution is 1.99. The molecule has 0 fully saturated rings. The Morgan fingerprint density at radius 2 is 2.20 bits per heavy atom. The van der Waals surface area contributed by atoms with Gasteiger partial charge >= 0.3 is 6.04 Å². The molecule has 1 aliphatic rings. The van der Waals surface area contributed by atoms with Crippen LogP contribution in [0, 0.1) is 4.91 Å². The molecule has 1 amide bonds. The molecule has 0 saturated heterocycles. The van der Waals surface area contributed by atoms with E-state index in [0.717, 1.165) is 0 Å². The molecular weight excluding hydrogens is 132 g/mol. The number of carbonyl (C=O) groups is 1. The van der Waals surface area contributed by atoms with E-state index >= 15 is 0 Å². The van der Waals surface area contributed by atoms with Crippen molar-refractivity contribution in [3.05, 3.63) is 29.3 Å². The molecule has 52 valence electrons. The zero-order chi connectivity index (χ0) is 7.56. The summed E-state index contributed by atoms with van der Waals surface area (Å²) in [6.07, 6.45) is 5.88. The zero-order valence-corrected chi connectivity index (χ0v) is 5.23. The van der Waals surface area contributed by atoms with Gasteiger partial charge in [0.25, 0.3) is 5.91 Å². The van der Waals surface area contributed by atoms with Gasteiger partial charge in [-0.15, -0.1) is 0 Å². The Hall–Kier alpha value is -1.45. The summed E-state index contributed by atoms with van der Waals surface area (Å²) in [6, 6.07) is -0.829. The van der Waals surface area contributed by atoms with Crippen molar-refractivity contribution in [2.75, 3.05) is 0 Å². The van der Waals surface area contributed by atoms with Gasteiger partial charge in [-0.05, 0) is 6.08 Å². The molecule has 1 rings (SSSR count). The van der Waals surface area contributed by atoms with Gasteiger partial charge in [0.05, 0.1) is 0 Å². The fourth-order valence-corrected chi connectivity index (χ4v) is 0.702. The quantitative estimate of drug-likeness (QED) is 0.507. The molecule has 1 atom stereocenters. The van der Waals surface area contributed by atoms with Crippen molar-refractivity contribution in [2.45, 2.75) is 6.04 Å². The first-order valence-corrected chi connectivity index (χ1v) is 2.81. The molecule has 0 aromatic heterocycles. The fraction of sp³-hybridized carbons (Fsp3) is 0.167. The number of hydrogen-bond acceptors (Lipinski definition) is 2. The first-order valence-electron chi connectivity index (χ1n) is 2.81. The standard InChI is InChI=1S/C6H6N2O2/c7-6(9)5-3-1-2-4-8(5)10/h1-5H,(H-,7,9)/p+1. The minimum absolute atomic E-state index is 0.516. The molecule has 1 heterocycles. The number of primary amides is 1. The summed E-state index contributed by atoms with van der Waals surface area (Å²) in [4.78, 5) is 21.2. The van der Waals surface area contributed by atoms with Crippen LogP contribution < -0.4 is 5.73 Å². The molecule has 0 aromatic carbocycles. The molecule has 0 saturated carbocycles. The van der Waals surface area contributed by atoms with E-state index < -0.39 is 11.9 Å². The SMILES string of the molecule is NC(=O)C1C=CC=C[N+]1=O. The van der Waals surface area contributed by atoms with Crippen LogP contribution in [0.3, 0.4) is 0 Å². The Morgan fingerprint density at radius 3 is 2.60 bits per heavy atom. The molecule has 0 bridgehead atoms. The fourth-order valence-electron chi connectivity index (χ4n) is 0.702. The summed E-state index contributed by atoms with van der Waals surface area (Å²) < 4.78 is 0.516. The highest BCUT2D eigenvalue weighted by Gasteiger charge is 2.27. The van der Waals surface area contributed by atoms with E-state index in [2.05, 4.69) is 0 Å². The highest BCUT2D eigenvalue weighted by atomic mass is 16.3. The number of allylic oxidation sites excluding steroid dienone is 2. The average Bonchev–Trinajstić information content (AvgIpc) is 1.88. The molecule has 0 aliphatic carbocycles. The maximum absolute atomic E-state index is 10.7. The molecule has 2 N–H and O–H groups in total. The number of nitroso groups, excluding NO2 is 1. The third kappa shape index (κ3) is 1.10. The number of nitrogens with two attached hydrogens (primary N) is 1. The number of rotatable bonds is 1. The molecule has 0 aromatic rings. The Morgan fingerprint density at radius 1 is 1.50 bits per heavy atom. The third-order valence-electron chi connectivity index (χ3n) is 1.20. The number of nitrogens with zero attached hydrogens (tertiary/aromatic N) is 1. The largest absolute Gasteiger partial charge is 0.363 e. The molecule has 1 aliphatic heterocycles. The molecule has 1 unspecified atom stereocenters.